The van der Waals surface area contributed by atoms with Gasteiger partial charge in [0.1, 0.15) is 5.75 Å². The molecule has 0 atom stereocenters. The molecule has 0 heterocycles. The van der Waals surface area contributed by atoms with Crippen molar-refractivity contribution in [3.63, 3.8) is 0 Å². The standard InChI is InChI=1S/C11H11NO/c1-9(8-12)6-10-4-3-5-11(7-10)13-2/h3-7H,1-2H3/b9-6-. The van der Waals surface area contributed by atoms with Gasteiger partial charge in [-0.2, -0.15) is 5.26 Å². The number of ether oxygens (including phenoxy) is 1. The minimum Gasteiger partial charge on any atom is -0.497 e. The minimum atomic E-state index is 0.688. The molecule has 0 aliphatic rings. The fraction of sp³-hybridized carbons (Fsp3) is 0.182. The second-order valence-electron chi connectivity index (χ2n) is 2.72. The van der Waals surface area contributed by atoms with Gasteiger partial charge in [0, 0.05) is 5.57 Å². The van der Waals surface area contributed by atoms with Crippen molar-refractivity contribution >= 4 is 6.08 Å². The lowest BCUT2D eigenvalue weighted by atomic mass is 10.1. The number of allylic oxidation sites excluding steroid dienone is 1. The van der Waals surface area contributed by atoms with Gasteiger partial charge in [0.2, 0.25) is 0 Å². The first-order valence-electron chi connectivity index (χ1n) is 3.98. The molecule has 0 saturated carbocycles. The van der Waals surface area contributed by atoms with Crippen LogP contribution in [0.5, 0.6) is 5.75 Å². The highest BCUT2D eigenvalue weighted by Gasteiger charge is 1.92. The van der Waals surface area contributed by atoms with E-state index < -0.39 is 0 Å². The van der Waals surface area contributed by atoms with E-state index in [4.69, 9.17) is 10.00 Å². The summed E-state index contributed by atoms with van der Waals surface area (Å²) in [5.41, 5.74) is 1.67. The minimum absolute atomic E-state index is 0.688. The Morgan fingerprint density at radius 2 is 2.31 bits per heavy atom. The highest BCUT2D eigenvalue weighted by Crippen LogP contribution is 2.14. The molecule has 2 heteroatoms. The van der Waals surface area contributed by atoms with Crippen LogP contribution < -0.4 is 4.74 Å². The zero-order chi connectivity index (χ0) is 9.68. The quantitative estimate of drug-likeness (QED) is 0.644. The summed E-state index contributed by atoms with van der Waals surface area (Å²) >= 11 is 0. The summed E-state index contributed by atoms with van der Waals surface area (Å²) in [4.78, 5) is 0. The Morgan fingerprint density at radius 3 is 2.92 bits per heavy atom. The van der Waals surface area contributed by atoms with Crippen LogP contribution in [0.4, 0.5) is 0 Å². The molecule has 13 heavy (non-hydrogen) atoms. The van der Waals surface area contributed by atoms with E-state index in [0.717, 1.165) is 11.3 Å². The van der Waals surface area contributed by atoms with E-state index >= 15 is 0 Å². The van der Waals surface area contributed by atoms with Gasteiger partial charge in [0.15, 0.2) is 0 Å². The Kier molecular flexibility index (Phi) is 3.10. The van der Waals surface area contributed by atoms with Crippen molar-refractivity contribution in [3.05, 3.63) is 35.4 Å². The molecule has 0 N–H and O–H groups in total. The Balaban J connectivity index is 2.97. The molecule has 0 bridgehead atoms. The van der Waals surface area contributed by atoms with Gasteiger partial charge in [-0.25, -0.2) is 0 Å². The average Bonchev–Trinajstić information content (AvgIpc) is 2.18. The zero-order valence-electron chi connectivity index (χ0n) is 7.74. The van der Waals surface area contributed by atoms with Gasteiger partial charge >= 0.3 is 0 Å². The van der Waals surface area contributed by atoms with E-state index in [2.05, 4.69) is 6.07 Å². The molecule has 0 unspecified atom stereocenters. The molecule has 1 aromatic rings. The van der Waals surface area contributed by atoms with Crippen LogP contribution in [-0.2, 0) is 0 Å². The summed E-state index contributed by atoms with van der Waals surface area (Å²) in [6, 6.07) is 9.67. The highest BCUT2D eigenvalue weighted by atomic mass is 16.5. The van der Waals surface area contributed by atoms with Crippen LogP contribution in [0.25, 0.3) is 6.08 Å². The van der Waals surface area contributed by atoms with Crippen LogP contribution in [0.2, 0.25) is 0 Å². The van der Waals surface area contributed by atoms with Crippen LogP contribution >= 0.6 is 0 Å². The average molecular weight is 173 g/mol. The van der Waals surface area contributed by atoms with Crippen LogP contribution in [-0.4, -0.2) is 7.11 Å². The van der Waals surface area contributed by atoms with Gasteiger partial charge in [-0.3, -0.25) is 0 Å². The molecular weight excluding hydrogens is 162 g/mol. The van der Waals surface area contributed by atoms with Crippen molar-refractivity contribution in [2.45, 2.75) is 6.92 Å². The summed E-state index contributed by atoms with van der Waals surface area (Å²) in [6.07, 6.45) is 1.82. The maximum absolute atomic E-state index is 8.57. The Bertz CT molecular complexity index is 361. The topological polar surface area (TPSA) is 33.0 Å². The van der Waals surface area contributed by atoms with Crippen LogP contribution in [0.1, 0.15) is 12.5 Å². The van der Waals surface area contributed by atoms with Gasteiger partial charge in [0.25, 0.3) is 0 Å². The lowest BCUT2D eigenvalue weighted by Gasteiger charge is -1.99. The van der Waals surface area contributed by atoms with Crippen LogP contribution in [0.3, 0.4) is 0 Å². The number of methoxy groups -OCH3 is 1. The number of hydrogen-bond acceptors (Lipinski definition) is 2. The molecule has 0 radical (unpaired) electrons. The monoisotopic (exact) mass is 173 g/mol. The number of nitrogens with zero attached hydrogens (tertiary/aromatic N) is 1. The molecule has 1 rings (SSSR count). The third-order valence-corrected chi connectivity index (χ3v) is 1.65. The summed E-state index contributed by atoms with van der Waals surface area (Å²) in [5, 5.41) is 8.57. The Morgan fingerprint density at radius 1 is 1.54 bits per heavy atom. The smallest absolute Gasteiger partial charge is 0.119 e. The van der Waals surface area contributed by atoms with Gasteiger partial charge in [0.05, 0.1) is 13.2 Å². The first-order chi connectivity index (χ1) is 6.26. The second-order valence-corrected chi connectivity index (χ2v) is 2.72. The first-order valence-corrected chi connectivity index (χ1v) is 3.98. The van der Waals surface area contributed by atoms with E-state index in [-0.39, 0.29) is 0 Å². The number of hydrogen-bond donors (Lipinski definition) is 0. The second kappa shape index (κ2) is 4.32. The maximum atomic E-state index is 8.57. The largest absolute Gasteiger partial charge is 0.497 e. The molecule has 0 aromatic heterocycles. The molecule has 1 aromatic carbocycles. The van der Waals surface area contributed by atoms with Crippen molar-refractivity contribution in [2.75, 3.05) is 7.11 Å². The fourth-order valence-corrected chi connectivity index (χ4v) is 1.01. The normalized spacial score (nSPS) is 10.7. The molecule has 0 amide bonds. The van der Waals surface area contributed by atoms with Gasteiger partial charge in [-0.05, 0) is 30.7 Å². The predicted molar refractivity (Wildman–Crippen MR) is 52.3 cm³/mol. The van der Waals surface area contributed by atoms with Crippen molar-refractivity contribution in [1.29, 1.82) is 5.26 Å². The number of rotatable bonds is 2. The van der Waals surface area contributed by atoms with E-state index in [1.165, 1.54) is 0 Å². The predicted octanol–water partition coefficient (Wildman–Crippen LogP) is 2.62. The van der Waals surface area contributed by atoms with Crippen molar-refractivity contribution < 1.29 is 4.74 Å². The SMILES string of the molecule is COc1cccc(/C=C(/C)C#N)c1. The molecular formula is C11H11NO. The first kappa shape index (κ1) is 9.34. The summed E-state index contributed by atoms with van der Waals surface area (Å²) in [7, 11) is 1.62. The summed E-state index contributed by atoms with van der Waals surface area (Å²) in [5.74, 6) is 0.805. The van der Waals surface area contributed by atoms with E-state index in [1.54, 1.807) is 14.0 Å². The highest BCUT2D eigenvalue weighted by molar-refractivity contribution is 5.57. The molecule has 0 aliphatic carbocycles. The van der Waals surface area contributed by atoms with E-state index in [1.807, 2.05) is 30.3 Å². The van der Waals surface area contributed by atoms with E-state index in [0.29, 0.717) is 5.57 Å². The molecule has 0 saturated heterocycles. The van der Waals surface area contributed by atoms with Crippen molar-refractivity contribution in [1.82, 2.24) is 0 Å². The van der Waals surface area contributed by atoms with Crippen LogP contribution in [0.15, 0.2) is 29.8 Å². The number of nitriles is 1. The summed E-state index contributed by atoms with van der Waals surface area (Å²) < 4.78 is 5.06. The van der Waals surface area contributed by atoms with Gasteiger partial charge < -0.3 is 4.74 Å². The summed E-state index contributed by atoms with van der Waals surface area (Å²) in [6.45, 7) is 1.78. The molecule has 2 nitrogen and oxygen atoms in total. The Labute approximate surface area is 78.1 Å². The van der Waals surface area contributed by atoms with Gasteiger partial charge in [-0.15, -0.1) is 0 Å². The molecule has 0 aliphatic heterocycles. The van der Waals surface area contributed by atoms with Gasteiger partial charge in [-0.1, -0.05) is 12.1 Å². The number of benzene rings is 1. The Hall–Kier alpha value is -1.75. The molecule has 0 fully saturated rings. The fourth-order valence-electron chi connectivity index (χ4n) is 1.01. The lowest BCUT2D eigenvalue weighted by Crippen LogP contribution is -1.82. The third-order valence-electron chi connectivity index (χ3n) is 1.65. The van der Waals surface area contributed by atoms with Crippen molar-refractivity contribution in [2.24, 2.45) is 0 Å². The zero-order valence-corrected chi connectivity index (χ0v) is 7.74. The lowest BCUT2D eigenvalue weighted by molar-refractivity contribution is 0.414. The van der Waals surface area contributed by atoms with Crippen LogP contribution in [0, 0.1) is 11.3 Å². The van der Waals surface area contributed by atoms with Crippen molar-refractivity contribution in [3.8, 4) is 11.8 Å². The third kappa shape index (κ3) is 2.64. The molecule has 0 spiro atoms. The maximum Gasteiger partial charge on any atom is 0.119 e. The molecule has 66 valence electrons. The van der Waals surface area contributed by atoms with E-state index in [9.17, 15) is 0 Å².